The molecule has 1 aromatic carbocycles. The highest BCUT2D eigenvalue weighted by Gasteiger charge is 2.28. The van der Waals surface area contributed by atoms with Crippen LogP contribution in [0.5, 0.6) is 0 Å². The maximum Gasteiger partial charge on any atom is 0.227 e. The summed E-state index contributed by atoms with van der Waals surface area (Å²) in [6.45, 7) is 6.16. The highest BCUT2D eigenvalue weighted by atomic mass is 35.5. The van der Waals surface area contributed by atoms with E-state index in [4.69, 9.17) is 0 Å². The summed E-state index contributed by atoms with van der Waals surface area (Å²) in [4.78, 5) is 12.1. The fourth-order valence-electron chi connectivity index (χ4n) is 2.47. The van der Waals surface area contributed by atoms with Crippen LogP contribution in [0.4, 0.5) is 5.69 Å². The normalized spacial score (nSPS) is 15.7. The summed E-state index contributed by atoms with van der Waals surface area (Å²) in [5.41, 5.74) is 2.26. The van der Waals surface area contributed by atoms with E-state index >= 15 is 0 Å². The molecule has 0 aromatic heterocycles. The first-order valence-corrected chi connectivity index (χ1v) is 7.81. The first kappa shape index (κ1) is 18.0. The van der Waals surface area contributed by atoms with Gasteiger partial charge in [-0.2, -0.15) is 0 Å². The van der Waals surface area contributed by atoms with Crippen molar-refractivity contribution in [2.75, 3.05) is 18.4 Å². The zero-order valence-electron chi connectivity index (χ0n) is 13.0. The predicted molar refractivity (Wildman–Crippen MR) is 91.1 cm³/mol. The zero-order valence-corrected chi connectivity index (χ0v) is 13.8. The minimum atomic E-state index is 0. The van der Waals surface area contributed by atoms with E-state index in [0.29, 0.717) is 5.92 Å². The number of unbranched alkanes of at least 4 members (excludes halogenated alkanes) is 2. The summed E-state index contributed by atoms with van der Waals surface area (Å²) in [6.07, 6.45) is 4.91. The monoisotopic (exact) mass is 310 g/mol. The molecular weight excluding hydrogens is 284 g/mol. The summed E-state index contributed by atoms with van der Waals surface area (Å²) < 4.78 is 0. The Hall–Kier alpha value is -1.06. The molecule has 0 radical (unpaired) electrons. The Labute approximate surface area is 134 Å². The van der Waals surface area contributed by atoms with Crippen molar-refractivity contribution >= 4 is 24.0 Å². The molecule has 2 N–H and O–H groups in total. The van der Waals surface area contributed by atoms with E-state index in [1.54, 1.807) is 0 Å². The quantitative estimate of drug-likeness (QED) is 0.755. The van der Waals surface area contributed by atoms with Crippen molar-refractivity contribution in [2.24, 2.45) is 11.8 Å². The van der Waals surface area contributed by atoms with E-state index in [1.807, 2.05) is 19.1 Å². The third-order valence-electron chi connectivity index (χ3n) is 4.22. The van der Waals surface area contributed by atoms with Gasteiger partial charge in [-0.05, 0) is 49.5 Å². The van der Waals surface area contributed by atoms with Gasteiger partial charge in [-0.1, -0.05) is 38.8 Å². The van der Waals surface area contributed by atoms with E-state index in [-0.39, 0.29) is 24.2 Å². The second kappa shape index (κ2) is 9.06. The van der Waals surface area contributed by atoms with Gasteiger partial charge in [0, 0.05) is 11.6 Å². The Morgan fingerprint density at radius 3 is 2.48 bits per heavy atom. The standard InChI is InChI=1S/C17H26N2O.ClH/c1-3-4-5-6-14-7-9-16(10-8-14)19-17(20)13(2)15-11-18-12-15;/h7-10,13,15,18H,3-6,11-12H2,1-2H3,(H,19,20);1H. The fourth-order valence-corrected chi connectivity index (χ4v) is 2.47. The Balaban J connectivity index is 0.00000220. The summed E-state index contributed by atoms with van der Waals surface area (Å²) in [7, 11) is 0. The molecule has 1 aliphatic heterocycles. The first-order chi connectivity index (χ1) is 9.70. The van der Waals surface area contributed by atoms with Crippen molar-refractivity contribution in [3.8, 4) is 0 Å². The maximum absolute atomic E-state index is 12.1. The summed E-state index contributed by atoms with van der Waals surface area (Å²) in [5, 5.41) is 6.23. The van der Waals surface area contributed by atoms with E-state index in [0.717, 1.165) is 25.2 Å². The predicted octanol–water partition coefficient (Wildman–Crippen LogP) is 3.64. The number of anilines is 1. The number of carbonyl (C=O) groups is 1. The van der Waals surface area contributed by atoms with Crippen molar-refractivity contribution in [3.05, 3.63) is 29.8 Å². The lowest BCUT2D eigenvalue weighted by Crippen LogP contribution is -2.48. The van der Waals surface area contributed by atoms with Gasteiger partial charge in [0.05, 0.1) is 0 Å². The molecule has 2 rings (SSSR count). The summed E-state index contributed by atoms with van der Waals surface area (Å²) >= 11 is 0. The van der Waals surface area contributed by atoms with Crippen LogP contribution in [0.15, 0.2) is 24.3 Å². The van der Waals surface area contributed by atoms with Crippen LogP contribution in [-0.2, 0) is 11.2 Å². The van der Waals surface area contributed by atoms with Crippen molar-refractivity contribution in [2.45, 2.75) is 39.5 Å². The number of nitrogens with one attached hydrogen (secondary N) is 2. The molecule has 0 spiro atoms. The molecule has 1 unspecified atom stereocenters. The molecule has 0 bridgehead atoms. The van der Waals surface area contributed by atoms with Gasteiger partial charge in [0.15, 0.2) is 0 Å². The highest BCUT2D eigenvalue weighted by molar-refractivity contribution is 5.92. The molecular formula is C17H27ClN2O. The molecule has 1 aliphatic rings. The molecule has 0 aliphatic carbocycles. The van der Waals surface area contributed by atoms with E-state index in [2.05, 4.69) is 29.7 Å². The Kier molecular flexibility index (Phi) is 7.76. The van der Waals surface area contributed by atoms with Crippen molar-refractivity contribution < 1.29 is 4.79 Å². The van der Waals surface area contributed by atoms with Crippen LogP contribution in [0.2, 0.25) is 0 Å². The minimum absolute atomic E-state index is 0. The molecule has 1 aromatic rings. The average molecular weight is 311 g/mol. The Morgan fingerprint density at radius 2 is 1.95 bits per heavy atom. The fraction of sp³-hybridized carbons (Fsp3) is 0.588. The van der Waals surface area contributed by atoms with Crippen LogP contribution in [0, 0.1) is 11.8 Å². The van der Waals surface area contributed by atoms with Crippen LogP contribution in [0.25, 0.3) is 0 Å². The van der Waals surface area contributed by atoms with E-state index < -0.39 is 0 Å². The van der Waals surface area contributed by atoms with Crippen LogP contribution >= 0.6 is 12.4 Å². The van der Waals surface area contributed by atoms with Gasteiger partial charge in [0.1, 0.15) is 0 Å². The van der Waals surface area contributed by atoms with Gasteiger partial charge >= 0.3 is 0 Å². The molecule has 1 saturated heterocycles. The molecule has 21 heavy (non-hydrogen) atoms. The third-order valence-corrected chi connectivity index (χ3v) is 4.22. The smallest absolute Gasteiger partial charge is 0.227 e. The number of halogens is 1. The lowest BCUT2D eigenvalue weighted by Gasteiger charge is -2.31. The maximum atomic E-state index is 12.1. The van der Waals surface area contributed by atoms with Crippen LogP contribution in [0.1, 0.15) is 38.7 Å². The van der Waals surface area contributed by atoms with Crippen molar-refractivity contribution in [1.29, 1.82) is 0 Å². The summed E-state index contributed by atoms with van der Waals surface area (Å²) in [6, 6.07) is 8.29. The first-order valence-electron chi connectivity index (χ1n) is 7.81. The van der Waals surface area contributed by atoms with Crippen LogP contribution in [-0.4, -0.2) is 19.0 Å². The van der Waals surface area contributed by atoms with Gasteiger partial charge in [0.25, 0.3) is 0 Å². The number of rotatable bonds is 7. The number of aryl methyl sites for hydroxylation is 1. The number of amides is 1. The van der Waals surface area contributed by atoms with Gasteiger partial charge < -0.3 is 10.6 Å². The molecule has 1 heterocycles. The minimum Gasteiger partial charge on any atom is -0.326 e. The Morgan fingerprint density at radius 1 is 1.29 bits per heavy atom. The molecule has 0 saturated carbocycles. The average Bonchev–Trinajstić information content (AvgIpc) is 2.39. The van der Waals surface area contributed by atoms with E-state index in [1.165, 1.54) is 24.8 Å². The topological polar surface area (TPSA) is 41.1 Å². The lowest BCUT2D eigenvalue weighted by atomic mass is 9.88. The highest BCUT2D eigenvalue weighted by Crippen LogP contribution is 2.19. The van der Waals surface area contributed by atoms with Crippen LogP contribution < -0.4 is 10.6 Å². The molecule has 118 valence electrons. The number of carbonyl (C=O) groups excluding carboxylic acids is 1. The molecule has 1 fully saturated rings. The van der Waals surface area contributed by atoms with Gasteiger partial charge in [0.2, 0.25) is 5.91 Å². The molecule has 1 amide bonds. The van der Waals surface area contributed by atoms with Gasteiger partial charge in [-0.25, -0.2) is 0 Å². The van der Waals surface area contributed by atoms with Crippen molar-refractivity contribution in [1.82, 2.24) is 5.32 Å². The molecule has 3 nitrogen and oxygen atoms in total. The van der Waals surface area contributed by atoms with Crippen LogP contribution in [0.3, 0.4) is 0 Å². The second-order valence-electron chi connectivity index (χ2n) is 5.85. The third kappa shape index (κ3) is 5.33. The van der Waals surface area contributed by atoms with Crippen molar-refractivity contribution in [3.63, 3.8) is 0 Å². The van der Waals surface area contributed by atoms with E-state index in [9.17, 15) is 4.79 Å². The SMILES string of the molecule is CCCCCc1ccc(NC(=O)C(C)C2CNC2)cc1.Cl. The largest absolute Gasteiger partial charge is 0.326 e. The zero-order chi connectivity index (χ0) is 14.4. The number of hydrogen-bond donors (Lipinski definition) is 2. The second-order valence-corrected chi connectivity index (χ2v) is 5.85. The molecule has 1 atom stereocenters. The number of hydrogen-bond acceptors (Lipinski definition) is 2. The number of benzene rings is 1. The molecule has 4 heteroatoms. The Bertz CT molecular complexity index is 429. The van der Waals surface area contributed by atoms with Gasteiger partial charge in [-0.3, -0.25) is 4.79 Å². The summed E-state index contributed by atoms with van der Waals surface area (Å²) in [5.74, 6) is 0.707. The lowest BCUT2D eigenvalue weighted by molar-refractivity contribution is -0.121. The van der Waals surface area contributed by atoms with Gasteiger partial charge in [-0.15, -0.1) is 12.4 Å².